The van der Waals surface area contributed by atoms with E-state index in [4.69, 9.17) is 10.5 Å². The van der Waals surface area contributed by atoms with Gasteiger partial charge in [-0.25, -0.2) is 9.78 Å². The first-order chi connectivity index (χ1) is 18.3. The largest absolute Gasteiger partial charge is 0.478 e. The molecular formula is C31H31N3O4. The molecular weight excluding hydrogens is 478 g/mol. The Kier molecular flexibility index (Phi) is 8.19. The molecule has 1 heterocycles. The number of aryl methyl sites for hydroxylation is 1. The molecule has 4 rings (SSSR count). The maximum atomic E-state index is 13.3. The van der Waals surface area contributed by atoms with Crippen LogP contribution in [0.3, 0.4) is 0 Å². The van der Waals surface area contributed by atoms with Gasteiger partial charge in [0.15, 0.2) is 0 Å². The Morgan fingerprint density at radius 3 is 2.39 bits per heavy atom. The summed E-state index contributed by atoms with van der Waals surface area (Å²) in [5, 5.41) is 9.74. The van der Waals surface area contributed by atoms with Crippen molar-refractivity contribution in [2.75, 3.05) is 13.1 Å². The zero-order chi connectivity index (χ0) is 27.2. The van der Waals surface area contributed by atoms with E-state index >= 15 is 0 Å². The van der Waals surface area contributed by atoms with Crippen molar-refractivity contribution in [3.05, 3.63) is 101 Å². The standard InChI is InChI=1S/C31H31N3O4/c1-4-34(5-2)30(35)24-17-28(26-11-6-7-12-27(26)31(36)37)33-29(18-24)38-25-14-20(3)13-23(16-25)22-10-8-9-21(15-22)19-32/h6-18H,4-5,19,32H2,1-3H3,(H,36,37). The predicted molar refractivity (Wildman–Crippen MR) is 148 cm³/mol. The number of carboxylic acid groups (broad SMARTS) is 1. The summed E-state index contributed by atoms with van der Waals surface area (Å²) in [6.45, 7) is 7.32. The fourth-order valence-corrected chi connectivity index (χ4v) is 4.38. The SMILES string of the molecule is CCN(CC)C(=O)c1cc(Oc2cc(C)cc(-c3cccc(CN)c3)c2)nc(-c2ccccc2C(=O)O)c1. The van der Waals surface area contributed by atoms with Crippen LogP contribution in [0, 0.1) is 6.92 Å². The van der Waals surface area contributed by atoms with Crippen molar-refractivity contribution in [3.63, 3.8) is 0 Å². The Balaban J connectivity index is 1.81. The molecule has 0 aliphatic rings. The molecule has 7 nitrogen and oxygen atoms in total. The van der Waals surface area contributed by atoms with Gasteiger partial charge >= 0.3 is 5.97 Å². The number of pyridine rings is 1. The highest BCUT2D eigenvalue weighted by Crippen LogP contribution is 2.32. The number of aromatic nitrogens is 1. The molecule has 3 aromatic carbocycles. The van der Waals surface area contributed by atoms with Gasteiger partial charge in [0, 0.05) is 36.8 Å². The van der Waals surface area contributed by atoms with Crippen LogP contribution in [0.4, 0.5) is 0 Å². The van der Waals surface area contributed by atoms with Crippen molar-refractivity contribution in [1.82, 2.24) is 9.88 Å². The molecule has 0 radical (unpaired) electrons. The summed E-state index contributed by atoms with van der Waals surface area (Å²) in [4.78, 5) is 31.5. The van der Waals surface area contributed by atoms with E-state index < -0.39 is 5.97 Å². The highest BCUT2D eigenvalue weighted by molar-refractivity contribution is 5.98. The van der Waals surface area contributed by atoms with Gasteiger partial charge in [0.1, 0.15) is 5.75 Å². The summed E-state index contributed by atoms with van der Waals surface area (Å²) >= 11 is 0. The van der Waals surface area contributed by atoms with Crippen molar-refractivity contribution in [2.45, 2.75) is 27.3 Å². The van der Waals surface area contributed by atoms with Crippen molar-refractivity contribution < 1.29 is 19.4 Å². The molecule has 0 aliphatic heterocycles. The molecule has 0 fully saturated rings. The first-order valence-corrected chi connectivity index (χ1v) is 12.6. The molecule has 0 bridgehead atoms. The van der Waals surface area contributed by atoms with Gasteiger partial charge in [-0.2, -0.15) is 0 Å². The number of hydrogen-bond acceptors (Lipinski definition) is 5. The van der Waals surface area contributed by atoms with E-state index in [0.717, 1.165) is 22.3 Å². The van der Waals surface area contributed by atoms with E-state index in [9.17, 15) is 14.7 Å². The van der Waals surface area contributed by atoms with Gasteiger partial charge in [0.25, 0.3) is 5.91 Å². The summed E-state index contributed by atoms with van der Waals surface area (Å²) in [6.07, 6.45) is 0. The van der Waals surface area contributed by atoms with Crippen LogP contribution in [0.5, 0.6) is 11.6 Å². The van der Waals surface area contributed by atoms with E-state index in [0.29, 0.717) is 42.2 Å². The number of aromatic carboxylic acids is 1. The van der Waals surface area contributed by atoms with E-state index in [-0.39, 0.29) is 17.4 Å². The molecule has 1 aromatic heterocycles. The number of hydrogen-bond donors (Lipinski definition) is 2. The number of nitrogens with two attached hydrogens (primary N) is 1. The number of amides is 1. The Morgan fingerprint density at radius 2 is 1.68 bits per heavy atom. The molecule has 3 N–H and O–H groups in total. The van der Waals surface area contributed by atoms with Crippen LogP contribution >= 0.6 is 0 Å². The summed E-state index contributed by atoms with van der Waals surface area (Å²) in [5.41, 5.74) is 11.0. The number of carbonyl (C=O) groups is 2. The molecule has 7 heteroatoms. The van der Waals surface area contributed by atoms with Gasteiger partial charge in [-0.05, 0) is 73.4 Å². The zero-order valence-corrected chi connectivity index (χ0v) is 21.8. The maximum absolute atomic E-state index is 13.3. The Labute approximate surface area is 222 Å². The molecule has 0 saturated carbocycles. The lowest BCUT2D eigenvalue weighted by atomic mass is 10.0. The molecule has 0 saturated heterocycles. The van der Waals surface area contributed by atoms with Crippen LogP contribution in [0.15, 0.2) is 78.9 Å². The second-order valence-electron chi connectivity index (χ2n) is 8.95. The first kappa shape index (κ1) is 26.6. The van der Waals surface area contributed by atoms with Crippen molar-refractivity contribution >= 4 is 11.9 Å². The van der Waals surface area contributed by atoms with Crippen LogP contribution in [0.2, 0.25) is 0 Å². The summed E-state index contributed by atoms with van der Waals surface area (Å²) in [7, 11) is 0. The van der Waals surface area contributed by atoms with Crippen LogP contribution in [-0.2, 0) is 6.54 Å². The van der Waals surface area contributed by atoms with Gasteiger partial charge in [-0.3, -0.25) is 4.79 Å². The molecule has 0 spiro atoms. The van der Waals surface area contributed by atoms with Gasteiger partial charge < -0.3 is 20.5 Å². The lowest BCUT2D eigenvalue weighted by Gasteiger charge is -2.20. The number of ether oxygens (including phenoxy) is 1. The molecule has 0 atom stereocenters. The van der Waals surface area contributed by atoms with Crippen LogP contribution in [0.25, 0.3) is 22.4 Å². The lowest BCUT2D eigenvalue weighted by molar-refractivity contribution is 0.0696. The third-order valence-corrected chi connectivity index (χ3v) is 6.30. The van der Waals surface area contributed by atoms with E-state index in [1.165, 1.54) is 6.07 Å². The number of rotatable bonds is 9. The smallest absolute Gasteiger partial charge is 0.336 e. The van der Waals surface area contributed by atoms with E-state index in [1.54, 1.807) is 35.2 Å². The second-order valence-corrected chi connectivity index (χ2v) is 8.95. The summed E-state index contributed by atoms with van der Waals surface area (Å²) < 4.78 is 6.22. The minimum Gasteiger partial charge on any atom is -0.478 e. The Morgan fingerprint density at radius 1 is 0.921 bits per heavy atom. The van der Waals surface area contributed by atoms with E-state index in [2.05, 4.69) is 11.1 Å². The first-order valence-electron chi connectivity index (χ1n) is 12.6. The molecule has 4 aromatic rings. The minimum absolute atomic E-state index is 0.0935. The fourth-order valence-electron chi connectivity index (χ4n) is 4.38. The maximum Gasteiger partial charge on any atom is 0.336 e. The summed E-state index contributed by atoms with van der Waals surface area (Å²) in [5.74, 6) is -0.505. The van der Waals surface area contributed by atoms with Gasteiger partial charge in [0.05, 0.1) is 11.3 Å². The number of nitrogens with zero attached hydrogens (tertiary/aromatic N) is 2. The average molecular weight is 510 g/mol. The lowest BCUT2D eigenvalue weighted by Crippen LogP contribution is -2.30. The molecule has 194 valence electrons. The number of carbonyl (C=O) groups excluding carboxylic acids is 1. The molecule has 1 amide bonds. The summed E-state index contributed by atoms with van der Waals surface area (Å²) in [6, 6.07) is 23.7. The van der Waals surface area contributed by atoms with E-state index in [1.807, 2.05) is 57.2 Å². The number of carboxylic acids is 1. The second kappa shape index (κ2) is 11.7. The Hall–Kier alpha value is -4.49. The van der Waals surface area contributed by atoms with Crippen molar-refractivity contribution in [2.24, 2.45) is 5.73 Å². The highest BCUT2D eigenvalue weighted by Gasteiger charge is 2.19. The monoisotopic (exact) mass is 509 g/mol. The molecule has 38 heavy (non-hydrogen) atoms. The minimum atomic E-state index is -1.08. The third kappa shape index (κ3) is 5.90. The fraction of sp³-hybridized carbons (Fsp3) is 0.194. The third-order valence-electron chi connectivity index (χ3n) is 6.30. The van der Waals surface area contributed by atoms with Gasteiger partial charge in [-0.15, -0.1) is 0 Å². The normalized spacial score (nSPS) is 10.7. The topological polar surface area (TPSA) is 106 Å². The quantitative estimate of drug-likeness (QED) is 0.280. The van der Waals surface area contributed by atoms with Crippen LogP contribution in [0.1, 0.15) is 45.7 Å². The van der Waals surface area contributed by atoms with Crippen molar-refractivity contribution in [3.8, 4) is 34.0 Å². The highest BCUT2D eigenvalue weighted by atomic mass is 16.5. The van der Waals surface area contributed by atoms with Crippen LogP contribution < -0.4 is 10.5 Å². The van der Waals surface area contributed by atoms with Crippen LogP contribution in [-0.4, -0.2) is 40.0 Å². The van der Waals surface area contributed by atoms with Crippen molar-refractivity contribution in [1.29, 1.82) is 0 Å². The van der Waals surface area contributed by atoms with Gasteiger partial charge in [-0.1, -0.05) is 42.5 Å². The molecule has 0 aliphatic carbocycles. The van der Waals surface area contributed by atoms with Gasteiger partial charge in [0.2, 0.25) is 5.88 Å². The predicted octanol–water partition coefficient (Wildman–Crippen LogP) is 6.16. The Bertz CT molecular complexity index is 1480. The average Bonchev–Trinajstić information content (AvgIpc) is 2.93. The number of benzene rings is 3. The zero-order valence-electron chi connectivity index (χ0n) is 21.8. The molecule has 0 unspecified atom stereocenters.